The van der Waals surface area contributed by atoms with Crippen LogP contribution in [0.3, 0.4) is 0 Å². The topological polar surface area (TPSA) is 12.0 Å². The Bertz CT molecular complexity index is 899. The van der Waals surface area contributed by atoms with E-state index in [9.17, 15) is 0 Å². The first-order valence-electron chi connectivity index (χ1n) is 8.05. The summed E-state index contributed by atoms with van der Waals surface area (Å²) in [7, 11) is 0. The van der Waals surface area contributed by atoms with E-state index in [4.69, 9.17) is 11.6 Å². The highest BCUT2D eigenvalue weighted by Crippen LogP contribution is 2.45. The molecule has 1 aliphatic rings. The Labute approximate surface area is 152 Å². The minimum atomic E-state index is 0.302. The average Bonchev–Trinajstić information content (AvgIpc) is 2.58. The van der Waals surface area contributed by atoms with Gasteiger partial charge in [-0.25, -0.2) is 0 Å². The molecule has 3 heteroatoms. The van der Waals surface area contributed by atoms with Gasteiger partial charge < -0.3 is 5.32 Å². The van der Waals surface area contributed by atoms with Crippen molar-refractivity contribution in [1.29, 1.82) is 0 Å². The Morgan fingerprint density at radius 1 is 0.875 bits per heavy atom. The third-order valence-electron chi connectivity index (χ3n) is 4.44. The van der Waals surface area contributed by atoms with Gasteiger partial charge in [-0.1, -0.05) is 54.6 Å². The number of para-hydroxylation sites is 1. The van der Waals surface area contributed by atoms with Gasteiger partial charge in [0.05, 0.1) is 11.4 Å². The highest BCUT2D eigenvalue weighted by Gasteiger charge is 2.17. The van der Waals surface area contributed by atoms with Crippen molar-refractivity contribution in [2.75, 3.05) is 5.32 Å². The molecule has 1 aliphatic heterocycles. The number of rotatable bonds is 2. The molecule has 4 rings (SSSR count). The van der Waals surface area contributed by atoms with Crippen molar-refractivity contribution >= 4 is 34.7 Å². The van der Waals surface area contributed by atoms with E-state index in [1.807, 2.05) is 17.8 Å². The molecule has 1 unspecified atom stereocenters. The number of hydrogen-bond acceptors (Lipinski definition) is 2. The Hall–Kier alpha value is -1.90. The third kappa shape index (κ3) is 2.92. The number of aryl methyl sites for hydroxylation is 1. The molecule has 0 saturated carbocycles. The molecule has 1 nitrogen and oxygen atoms in total. The fourth-order valence-electron chi connectivity index (χ4n) is 3.13. The van der Waals surface area contributed by atoms with E-state index < -0.39 is 0 Å². The molecule has 0 radical (unpaired) electrons. The normalized spacial score (nSPS) is 13.6. The summed E-state index contributed by atoms with van der Waals surface area (Å²) in [6.07, 6.45) is 0. The van der Waals surface area contributed by atoms with Crippen molar-refractivity contribution in [3.63, 3.8) is 0 Å². The second-order valence-electron chi connectivity index (χ2n) is 6.26. The Balaban J connectivity index is 1.69. The summed E-state index contributed by atoms with van der Waals surface area (Å²) in [4.78, 5) is 2.54. The second kappa shape index (κ2) is 6.19. The lowest BCUT2D eigenvalue weighted by Crippen LogP contribution is -2.02. The summed E-state index contributed by atoms with van der Waals surface area (Å²) in [5.74, 6) is 0.302. The number of anilines is 2. The molecule has 0 fully saturated rings. The van der Waals surface area contributed by atoms with Crippen molar-refractivity contribution < 1.29 is 0 Å². The minimum absolute atomic E-state index is 0.302. The highest BCUT2D eigenvalue weighted by molar-refractivity contribution is 7.99. The smallest absolute Gasteiger partial charge is 0.0529 e. The quantitative estimate of drug-likeness (QED) is 0.417. The molecule has 3 aromatic rings. The number of halogens is 1. The summed E-state index contributed by atoms with van der Waals surface area (Å²) in [5, 5.41) is 4.37. The maximum Gasteiger partial charge on any atom is 0.0529 e. The van der Waals surface area contributed by atoms with Crippen LogP contribution in [0.1, 0.15) is 29.5 Å². The molecular formula is C21H18ClNS. The van der Waals surface area contributed by atoms with E-state index in [0.717, 1.165) is 5.02 Å². The molecule has 1 N–H and O–H groups in total. The zero-order valence-electron chi connectivity index (χ0n) is 13.6. The van der Waals surface area contributed by atoms with Gasteiger partial charge in [0.1, 0.15) is 0 Å². The van der Waals surface area contributed by atoms with Crippen LogP contribution in [0, 0.1) is 6.92 Å². The lowest BCUT2D eigenvalue weighted by Gasteiger charge is -2.23. The largest absolute Gasteiger partial charge is 0.354 e. The summed E-state index contributed by atoms with van der Waals surface area (Å²) >= 11 is 8.06. The summed E-state index contributed by atoms with van der Waals surface area (Å²) in [6, 6.07) is 21.4. The van der Waals surface area contributed by atoms with E-state index in [1.54, 1.807) is 0 Å². The van der Waals surface area contributed by atoms with Crippen LogP contribution in [-0.2, 0) is 0 Å². The first-order chi connectivity index (χ1) is 11.6. The molecule has 1 atom stereocenters. The molecule has 1 heterocycles. The molecule has 0 bridgehead atoms. The summed E-state index contributed by atoms with van der Waals surface area (Å²) in [5.41, 5.74) is 6.11. The third-order valence-corrected chi connectivity index (χ3v) is 5.81. The lowest BCUT2D eigenvalue weighted by molar-refractivity contribution is 0.918. The molecule has 24 heavy (non-hydrogen) atoms. The van der Waals surface area contributed by atoms with E-state index in [1.165, 1.54) is 37.9 Å². The van der Waals surface area contributed by atoms with Gasteiger partial charge in [0.2, 0.25) is 0 Å². The molecule has 0 spiro atoms. The van der Waals surface area contributed by atoms with Crippen molar-refractivity contribution in [2.24, 2.45) is 0 Å². The van der Waals surface area contributed by atoms with Gasteiger partial charge >= 0.3 is 0 Å². The van der Waals surface area contributed by atoms with Crippen LogP contribution in [0.25, 0.3) is 0 Å². The van der Waals surface area contributed by atoms with Crippen molar-refractivity contribution in [2.45, 2.75) is 29.6 Å². The van der Waals surface area contributed by atoms with Gasteiger partial charge in [0, 0.05) is 20.7 Å². The number of nitrogens with one attached hydrogen (secondary N) is 1. The molecule has 0 amide bonds. The van der Waals surface area contributed by atoms with Gasteiger partial charge in [0.25, 0.3) is 0 Å². The Morgan fingerprint density at radius 2 is 1.67 bits per heavy atom. The highest BCUT2D eigenvalue weighted by atomic mass is 35.5. The predicted octanol–water partition coefficient (Wildman–Crippen LogP) is 7.01. The number of fused-ring (bicyclic) bond motifs is 2. The molecular weight excluding hydrogens is 334 g/mol. The first kappa shape index (κ1) is 15.6. The minimum Gasteiger partial charge on any atom is -0.354 e. The van der Waals surface area contributed by atoms with Crippen LogP contribution in [0.15, 0.2) is 70.5 Å². The SMILES string of the molecule is Cc1cc(Cl)cc(C(C)c2ccc3c(c2)Nc2ccccc2S3)c1. The van der Waals surface area contributed by atoms with E-state index in [2.05, 4.69) is 73.8 Å². The Kier molecular flexibility index (Phi) is 4.03. The van der Waals surface area contributed by atoms with Crippen molar-refractivity contribution in [3.8, 4) is 0 Å². The van der Waals surface area contributed by atoms with E-state index >= 15 is 0 Å². The number of hydrogen-bond donors (Lipinski definition) is 1. The summed E-state index contributed by atoms with van der Waals surface area (Å²) in [6.45, 7) is 4.32. The zero-order chi connectivity index (χ0) is 16.7. The van der Waals surface area contributed by atoms with Crippen LogP contribution in [-0.4, -0.2) is 0 Å². The molecule has 3 aromatic carbocycles. The van der Waals surface area contributed by atoms with Crippen LogP contribution < -0.4 is 5.32 Å². The van der Waals surface area contributed by atoms with Crippen LogP contribution in [0.2, 0.25) is 5.02 Å². The van der Waals surface area contributed by atoms with Gasteiger partial charge in [-0.2, -0.15) is 0 Å². The fourth-order valence-corrected chi connectivity index (χ4v) is 4.40. The molecule has 0 aliphatic carbocycles. The van der Waals surface area contributed by atoms with E-state index in [-0.39, 0.29) is 0 Å². The van der Waals surface area contributed by atoms with Gasteiger partial charge in [-0.05, 0) is 60.0 Å². The number of benzene rings is 3. The summed E-state index contributed by atoms with van der Waals surface area (Å²) < 4.78 is 0. The molecule has 120 valence electrons. The average molecular weight is 352 g/mol. The van der Waals surface area contributed by atoms with Crippen molar-refractivity contribution in [3.05, 3.63) is 82.4 Å². The first-order valence-corrected chi connectivity index (χ1v) is 9.24. The maximum absolute atomic E-state index is 6.24. The Morgan fingerprint density at radius 3 is 2.50 bits per heavy atom. The predicted molar refractivity (Wildman–Crippen MR) is 104 cm³/mol. The van der Waals surface area contributed by atoms with Crippen molar-refractivity contribution in [1.82, 2.24) is 0 Å². The van der Waals surface area contributed by atoms with Gasteiger partial charge in [-0.15, -0.1) is 0 Å². The molecule has 0 saturated heterocycles. The van der Waals surface area contributed by atoms with Gasteiger partial charge in [0.15, 0.2) is 0 Å². The van der Waals surface area contributed by atoms with Crippen LogP contribution in [0.5, 0.6) is 0 Å². The van der Waals surface area contributed by atoms with Crippen LogP contribution >= 0.6 is 23.4 Å². The van der Waals surface area contributed by atoms with Crippen LogP contribution in [0.4, 0.5) is 11.4 Å². The standard InChI is InChI=1S/C21H18ClNS/c1-13-9-16(11-17(22)10-13)14(2)15-7-8-21-19(12-15)23-18-5-3-4-6-20(18)24-21/h3-12,14,23H,1-2H3. The maximum atomic E-state index is 6.24. The second-order valence-corrected chi connectivity index (χ2v) is 7.78. The van der Waals surface area contributed by atoms with Gasteiger partial charge in [-0.3, -0.25) is 0 Å². The fraction of sp³-hybridized carbons (Fsp3) is 0.143. The van der Waals surface area contributed by atoms with E-state index in [0.29, 0.717) is 5.92 Å². The lowest BCUT2D eigenvalue weighted by atomic mass is 9.92. The molecule has 0 aromatic heterocycles. The monoisotopic (exact) mass is 351 g/mol. The zero-order valence-corrected chi connectivity index (χ0v) is 15.2.